The summed E-state index contributed by atoms with van der Waals surface area (Å²) in [6.07, 6.45) is 11.6. The first-order valence-corrected chi connectivity index (χ1v) is 4.05. The fraction of sp³-hybridized carbons (Fsp3) is 0.100. The second-order valence-corrected chi connectivity index (χ2v) is 2.87. The maximum Gasteiger partial charge on any atom is 2.00 e. The molecule has 1 N–H and O–H groups in total. The van der Waals surface area contributed by atoms with Gasteiger partial charge in [-0.05, 0) is 12.2 Å². The monoisotopic (exact) mass is 199 g/mol. The molecule has 2 rings (SSSR count). The van der Waals surface area contributed by atoms with Crippen molar-refractivity contribution in [3.8, 4) is 0 Å². The van der Waals surface area contributed by atoms with Crippen LogP contribution in [-0.4, -0.2) is 39.0 Å². The second kappa shape index (κ2) is 4.48. The predicted octanol–water partition coefficient (Wildman–Crippen LogP) is 1.25. The van der Waals surface area contributed by atoms with E-state index in [0.29, 0.717) is 12.0 Å². The minimum Gasteiger partial charge on any atom is -0.478 e. The standard InChI is InChI=1S/C10H9NO2.Mg/c12-10(13)8-4-3-7-11-6-2-1-5-9(8)11;/h1-3,5-7H,4H2,(H,12,13);/q;+2. The van der Waals surface area contributed by atoms with Gasteiger partial charge in [-0.15, -0.1) is 0 Å². The third-order valence-corrected chi connectivity index (χ3v) is 2.05. The molecule has 0 radical (unpaired) electrons. The summed E-state index contributed by atoms with van der Waals surface area (Å²) < 4.78 is 0. The summed E-state index contributed by atoms with van der Waals surface area (Å²) in [7, 11) is 0. The van der Waals surface area contributed by atoms with Gasteiger partial charge in [0.15, 0.2) is 0 Å². The molecular formula is C10H9MgNO2+2. The average molecular weight is 199 g/mol. The van der Waals surface area contributed by atoms with Crippen LogP contribution >= 0.6 is 0 Å². The van der Waals surface area contributed by atoms with Crippen LogP contribution in [0.3, 0.4) is 0 Å². The number of hydrogen-bond donors (Lipinski definition) is 1. The molecule has 2 aliphatic heterocycles. The summed E-state index contributed by atoms with van der Waals surface area (Å²) in [5, 5.41) is 8.90. The van der Waals surface area contributed by atoms with Gasteiger partial charge < -0.3 is 10.0 Å². The molecule has 0 bridgehead atoms. The molecule has 2 aliphatic rings. The molecule has 14 heavy (non-hydrogen) atoms. The first-order valence-electron chi connectivity index (χ1n) is 4.05. The minimum absolute atomic E-state index is 0. The first kappa shape index (κ1) is 11.1. The van der Waals surface area contributed by atoms with Crippen LogP contribution in [0.1, 0.15) is 6.42 Å². The molecule has 0 atom stereocenters. The number of carbonyl (C=O) groups is 1. The normalized spacial score (nSPS) is 17.9. The van der Waals surface area contributed by atoms with Gasteiger partial charge in [0.25, 0.3) is 0 Å². The van der Waals surface area contributed by atoms with Crippen molar-refractivity contribution in [2.24, 2.45) is 0 Å². The fourth-order valence-corrected chi connectivity index (χ4v) is 1.43. The molecule has 0 spiro atoms. The molecule has 4 heteroatoms. The molecule has 3 nitrogen and oxygen atoms in total. The van der Waals surface area contributed by atoms with E-state index in [1.54, 1.807) is 0 Å². The van der Waals surface area contributed by atoms with E-state index in [-0.39, 0.29) is 23.1 Å². The summed E-state index contributed by atoms with van der Waals surface area (Å²) >= 11 is 0. The number of aliphatic carboxylic acids is 1. The number of nitrogens with zero attached hydrogens (tertiary/aromatic N) is 1. The number of hydrogen-bond acceptors (Lipinski definition) is 2. The topological polar surface area (TPSA) is 40.5 Å². The zero-order valence-corrected chi connectivity index (χ0v) is 9.10. The first-order chi connectivity index (χ1) is 6.29. The molecule has 0 saturated heterocycles. The Balaban J connectivity index is 0.000000980. The molecule has 0 fully saturated rings. The van der Waals surface area contributed by atoms with E-state index in [4.69, 9.17) is 5.11 Å². The summed E-state index contributed by atoms with van der Waals surface area (Å²) in [5.74, 6) is -0.843. The van der Waals surface area contributed by atoms with Crippen molar-refractivity contribution in [2.45, 2.75) is 6.42 Å². The zero-order valence-electron chi connectivity index (χ0n) is 7.68. The second-order valence-electron chi connectivity index (χ2n) is 2.87. The molecular weight excluding hydrogens is 190 g/mol. The molecule has 2 heterocycles. The van der Waals surface area contributed by atoms with Crippen molar-refractivity contribution in [3.63, 3.8) is 0 Å². The van der Waals surface area contributed by atoms with Gasteiger partial charge in [-0.25, -0.2) is 4.79 Å². The van der Waals surface area contributed by atoms with Crippen molar-refractivity contribution in [3.05, 3.63) is 48.0 Å². The fourth-order valence-electron chi connectivity index (χ4n) is 1.43. The summed E-state index contributed by atoms with van der Waals surface area (Å²) in [5.41, 5.74) is 1.21. The molecule has 0 amide bonds. The number of carboxylic acids is 1. The third kappa shape index (κ3) is 1.91. The van der Waals surface area contributed by atoms with E-state index in [0.717, 1.165) is 5.70 Å². The SMILES string of the molecule is O=C(O)C1=C2C=CC=CN2C=CC1.[Mg+2]. The van der Waals surface area contributed by atoms with Crippen molar-refractivity contribution in [1.29, 1.82) is 0 Å². The molecule has 0 unspecified atom stereocenters. The van der Waals surface area contributed by atoms with E-state index in [1.807, 2.05) is 41.6 Å². The Hall–Kier alpha value is -1.00. The van der Waals surface area contributed by atoms with Gasteiger partial charge >= 0.3 is 29.0 Å². The van der Waals surface area contributed by atoms with E-state index in [9.17, 15) is 4.79 Å². The third-order valence-electron chi connectivity index (χ3n) is 2.05. The van der Waals surface area contributed by atoms with Crippen LogP contribution in [0, 0.1) is 0 Å². The van der Waals surface area contributed by atoms with Gasteiger partial charge in [-0.1, -0.05) is 12.2 Å². The van der Waals surface area contributed by atoms with Crippen molar-refractivity contribution in [2.75, 3.05) is 0 Å². The van der Waals surface area contributed by atoms with Crippen LogP contribution in [0.4, 0.5) is 0 Å². The van der Waals surface area contributed by atoms with Crippen LogP contribution in [0.15, 0.2) is 48.0 Å². The van der Waals surface area contributed by atoms with Crippen LogP contribution in [0.25, 0.3) is 0 Å². The average Bonchev–Trinajstić information content (AvgIpc) is 2.17. The van der Waals surface area contributed by atoms with E-state index < -0.39 is 5.97 Å². The Kier molecular flexibility index (Phi) is 3.54. The van der Waals surface area contributed by atoms with Gasteiger partial charge in [-0.2, -0.15) is 0 Å². The minimum atomic E-state index is -0.843. The van der Waals surface area contributed by atoms with E-state index in [2.05, 4.69) is 0 Å². The van der Waals surface area contributed by atoms with Gasteiger partial charge in [-0.3, -0.25) is 0 Å². The Morgan fingerprint density at radius 1 is 1.36 bits per heavy atom. The molecule has 0 aromatic rings. The van der Waals surface area contributed by atoms with Crippen LogP contribution < -0.4 is 0 Å². The Morgan fingerprint density at radius 2 is 2.14 bits per heavy atom. The van der Waals surface area contributed by atoms with Crippen molar-refractivity contribution < 1.29 is 9.90 Å². The Labute approximate surface area is 98.2 Å². The smallest absolute Gasteiger partial charge is 0.478 e. The molecule has 0 saturated carbocycles. The van der Waals surface area contributed by atoms with Gasteiger partial charge in [0.1, 0.15) is 0 Å². The van der Waals surface area contributed by atoms with Gasteiger partial charge in [0.2, 0.25) is 0 Å². The van der Waals surface area contributed by atoms with Crippen LogP contribution in [0.5, 0.6) is 0 Å². The largest absolute Gasteiger partial charge is 2.00 e. The van der Waals surface area contributed by atoms with Crippen LogP contribution in [0.2, 0.25) is 0 Å². The number of allylic oxidation sites excluding steroid dienone is 4. The maximum atomic E-state index is 10.8. The number of rotatable bonds is 1. The number of fused-ring (bicyclic) bond motifs is 1. The van der Waals surface area contributed by atoms with E-state index >= 15 is 0 Å². The van der Waals surface area contributed by atoms with Gasteiger partial charge in [0.05, 0.1) is 11.3 Å². The molecule has 0 aliphatic carbocycles. The number of carboxylic acid groups (broad SMARTS) is 1. The summed E-state index contributed by atoms with van der Waals surface area (Å²) in [6, 6.07) is 0. The van der Waals surface area contributed by atoms with Gasteiger partial charge in [0, 0.05) is 18.8 Å². The summed E-state index contributed by atoms with van der Waals surface area (Å²) in [4.78, 5) is 12.6. The summed E-state index contributed by atoms with van der Waals surface area (Å²) in [6.45, 7) is 0. The zero-order chi connectivity index (χ0) is 9.26. The molecule has 66 valence electrons. The quantitative estimate of drug-likeness (QED) is 0.646. The Bertz CT molecular complexity index is 366. The molecule has 0 aromatic carbocycles. The van der Waals surface area contributed by atoms with Crippen LogP contribution in [-0.2, 0) is 4.79 Å². The predicted molar refractivity (Wildman–Crippen MR) is 54.3 cm³/mol. The Morgan fingerprint density at radius 3 is 2.86 bits per heavy atom. The van der Waals surface area contributed by atoms with Crippen molar-refractivity contribution in [1.82, 2.24) is 4.90 Å². The van der Waals surface area contributed by atoms with Crippen molar-refractivity contribution >= 4 is 29.0 Å². The molecule has 0 aromatic heterocycles. The maximum absolute atomic E-state index is 10.8. The van der Waals surface area contributed by atoms with E-state index in [1.165, 1.54) is 0 Å².